The minimum Gasteiger partial charge on any atom is -0.507 e. The van der Waals surface area contributed by atoms with Crippen molar-refractivity contribution in [2.45, 2.75) is 110 Å². The van der Waals surface area contributed by atoms with Crippen LogP contribution in [0.4, 0.5) is 4.79 Å². The Labute approximate surface area is 214 Å². The first-order chi connectivity index (χ1) is 16.9. The number of aliphatic hydroxyl groups excluding tert-OH is 1. The molecule has 3 unspecified atom stereocenters. The quantitative estimate of drug-likeness (QED) is 0.405. The number of aryl methyl sites for hydroxylation is 1. The standard InChI is InChI=1S/C27H43N3O6/c1-7-18(3)30(25(34)21(16-31)29-26(35)36-27(4,5)6)22(20-15-11-12-17(2)23(20)32)24(33)28-19-13-9-8-10-14-19/h11-12,15,18-19,21-22,31-32H,7-10,13-14,16H2,1-6H3,(H,28,33)(H,29,35). The molecule has 9 heteroatoms. The number of benzene rings is 1. The van der Waals surface area contributed by atoms with Crippen molar-refractivity contribution in [1.82, 2.24) is 15.5 Å². The number of nitrogens with one attached hydrogen (secondary N) is 2. The fourth-order valence-electron chi connectivity index (χ4n) is 4.46. The van der Waals surface area contributed by atoms with E-state index in [9.17, 15) is 24.6 Å². The van der Waals surface area contributed by atoms with E-state index in [1.807, 2.05) is 6.92 Å². The largest absolute Gasteiger partial charge is 0.507 e. The second kappa shape index (κ2) is 12.9. The number of aromatic hydroxyl groups is 1. The molecule has 0 bridgehead atoms. The molecular formula is C27H43N3O6. The molecule has 1 aliphatic carbocycles. The van der Waals surface area contributed by atoms with Crippen LogP contribution in [0.3, 0.4) is 0 Å². The summed E-state index contributed by atoms with van der Waals surface area (Å²) in [6, 6.07) is 2.16. The number of phenols is 1. The van der Waals surface area contributed by atoms with E-state index in [1.165, 1.54) is 4.90 Å². The van der Waals surface area contributed by atoms with Crippen molar-refractivity contribution >= 4 is 17.9 Å². The summed E-state index contributed by atoms with van der Waals surface area (Å²) < 4.78 is 5.26. The molecule has 1 aliphatic rings. The van der Waals surface area contributed by atoms with Gasteiger partial charge in [-0.3, -0.25) is 9.59 Å². The van der Waals surface area contributed by atoms with E-state index in [1.54, 1.807) is 52.8 Å². The van der Waals surface area contributed by atoms with E-state index < -0.39 is 48.2 Å². The molecule has 1 aromatic rings. The lowest BCUT2D eigenvalue weighted by molar-refractivity contribution is -0.146. The zero-order valence-corrected chi connectivity index (χ0v) is 22.5. The Morgan fingerprint density at radius 2 is 1.81 bits per heavy atom. The highest BCUT2D eigenvalue weighted by Crippen LogP contribution is 2.34. The van der Waals surface area contributed by atoms with Crippen LogP contribution in [0.15, 0.2) is 18.2 Å². The van der Waals surface area contributed by atoms with Crippen LogP contribution >= 0.6 is 0 Å². The molecule has 1 aromatic carbocycles. The van der Waals surface area contributed by atoms with Crippen LogP contribution in [-0.4, -0.2) is 63.4 Å². The van der Waals surface area contributed by atoms with Gasteiger partial charge in [-0.1, -0.05) is 44.4 Å². The van der Waals surface area contributed by atoms with Crippen LogP contribution < -0.4 is 10.6 Å². The van der Waals surface area contributed by atoms with Crippen molar-refractivity contribution in [3.63, 3.8) is 0 Å². The predicted octanol–water partition coefficient (Wildman–Crippen LogP) is 3.70. The maximum absolute atomic E-state index is 13.8. The van der Waals surface area contributed by atoms with E-state index >= 15 is 0 Å². The highest BCUT2D eigenvalue weighted by molar-refractivity contribution is 5.93. The van der Waals surface area contributed by atoms with Crippen LogP contribution in [0.2, 0.25) is 0 Å². The van der Waals surface area contributed by atoms with Gasteiger partial charge in [0, 0.05) is 17.6 Å². The van der Waals surface area contributed by atoms with Gasteiger partial charge < -0.3 is 30.5 Å². The molecule has 1 saturated carbocycles. The summed E-state index contributed by atoms with van der Waals surface area (Å²) in [4.78, 5) is 41.4. The molecule has 0 radical (unpaired) electrons. The molecule has 1 fully saturated rings. The summed E-state index contributed by atoms with van der Waals surface area (Å²) in [5.41, 5.74) is 0.0790. The fourth-order valence-corrected chi connectivity index (χ4v) is 4.46. The van der Waals surface area contributed by atoms with Crippen LogP contribution in [0.5, 0.6) is 5.75 Å². The van der Waals surface area contributed by atoms with Crippen molar-refractivity contribution in [2.24, 2.45) is 0 Å². The van der Waals surface area contributed by atoms with Crippen LogP contribution in [-0.2, 0) is 14.3 Å². The van der Waals surface area contributed by atoms with Gasteiger partial charge in [-0.2, -0.15) is 0 Å². The van der Waals surface area contributed by atoms with Crippen molar-refractivity contribution in [1.29, 1.82) is 0 Å². The van der Waals surface area contributed by atoms with E-state index in [0.717, 1.165) is 32.1 Å². The molecule has 0 aliphatic heterocycles. The number of ether oxygens (including phenoxy) is 1. The Hall–Kier alpha value is -2.81. The molecule has 2 rings (SSSR count). The number of carbonyl (C=O) groups excluding carboxylic acids is 3. The Morgan fingerprint density at radius 1 is 1.17 bits per heavy atom. The number of alkyl carbamates (subject to hydrolysis) is 1. The van der Waals surface area contributed by atoms with Crippen molar-refractivity contribution in [3.8, 4) is 5.75 Å². The Kier molecular flexibility index (Phi) is 10.6. The number of hydrogen-bond donors (Lipinski definition) is 4. The molecule has 0 saturated heterocycles. The third kappa shape index (κ3) is 7.85. The molecule has 3 atom stereocenters. The van der Waals surface area contributed by atoms with E-state index in [0.29, 0.717) is 17.5 Å². The predicted molar refractivity (Wildman–Crippen MR) is 137 cm³/mol. The average molecular weight is 506 g/mol. The number of aliphatic hydroxyl groups is 1. The zero-order valence-electron chi connectivity index (χ0n) is 22.5. The Bertz CT molecular complexity index is 907. The first-order valence-electron chi connectivity index (χ1n) is 12.9. The Morgan fingerprint density at radius 3 is 2.36 bits per heavy atom. The highest BCUT2D eigenvalue weighted by Gasteiger charge is 2.40. The number of phenolic OH excluding ortho intramolecular Hbond substituents is 1. The molecule has 3 amide bonds. The molecule has 4 N–H and O–H groups in total. The lowest BCUT2D eigenvalue weighted by Gasteiger charge is -2.39. The smallest absolute Gasteiger partial charge is 0.408 e. The van der Waals surface area contributed by atoms with Gasteiger partial charge in [0.1, 0.15) is 23.4 Å². The molecule has 0 heterocycles. The van der Waals surface area contributed by atoms with Gasteiger partial charge in [0.25, 0.3) is 0 Å². The minimum atomic E-state index is -1.33. The number of nitrogens with zero attached hydrogens (tertiary/aromatic N) is 1. The van der Waals surface area contributed by atoms with Gasteiger partial charge in [0.2, 0.25) is 11.8 Å². The van der Waals surface area contributed by atoms with Gasteiger partial charge in [0.15, 0.2) is 0 Å². The zero-order chi connectivity index (χ0) is 27.0. The van der Waals surface area contributed by atoms with Crippen molar-refractivity contribution in [2.75, 3.05) is 6.61 Å². The average Bonchev–Trinajstić information content (AvgIpc) is 2.81. The van der Waals surface area contributed by atoms with Gasteiger partial charge in [-0.25, -0.2) is 4.79 Å². The normalized spacial score (nSPS) is 17.0. The molecule has 0 aromatic heterocycles. The second-order valence-electron chi connectivity index (χ2n) is 10.6. The number of rotatable bonds is 9. The maximum Gasteiger partial charge on any atom is 0.408 e. The van der Waals surface area contributed by atoms with Gasteiger partial charge in [0.05, 0.1) is 6.61 Å². The summed E-state index contributed by atoms with van der Waals surface area (Å²) in [7, 11) is 0. The first-order valence-corrected chi connectivity index (χ1v) is 12.9. The molecule has 0 spiro atoms. The SMILES string of the molecule is CCC(C)N(C(=O)C(CO)NC(=O)OC(C)(C)C)C(C(=O)NC1CCCCC1)c1cccc(C)c1O. The first kappa shape index (κ1) is 29.4. The lowest BCUT2D eigenvalue weighted by Crippen LogP contribution is -2.57. The number of para-hydroxylation sites is 1. The monoisotopic (exact) mass is 505 g/mol. The third-order valence-corrected chi connectivity index (χ3v) is 6.53. The number of hydrogen-bond acceptors (Lipinski definition) is 6. The van der Waals surface area contributed by atoms with Crippen molar-refractivity contribution < 1.29 is 29.3 Å². The van der Waals surface area contributed by atoms with E-state index in [2.05, 4.69) is 10.6 Å². The summed E-state index contributed by atoms with van der Waals surface area (Å²) in [5.74, 6) is -1.10. The van der Waals surface area contributed by atoms with Crippen LogP contribution in [0.1, 0.15) is 90.3 Å². The Balaban J connectivity index is 2.48. The maximum atomic E-state index is 13.8. The van der Waals surface area contributed by atoms with Crippen LogP contribution in [0, 0.1) is 6.92 Å². The van der Waals surface area contributed by atoms with E-state index in [-0.39, 0.29) is 11.8 Å². The molecule has 202 valence electrons. The fraction of sp³-hybridized carbons (Fsp3) is 0.667. The van der Waals surface area contributed by atoms with E-state index in [4.69, 9.17) is 4.74 Å². The summed E-state index contributed by atoms with van der Waals surface area (Å²) in [5, 5.41) is 26.5. The minimum absolute atomic E-state index is 0.0110. The number of carbonyl (C=O) groups is 3. The van der Waals surface area contributed by atoms with Gasteiger partial charge in [-0.15, -0.1) is 0 Å². The van der Waals surface area contributed by atoms with Gasteiger partial charge in [-0.05, 0) is 59.4 Å². The molecular weight excluding hydrogens is 462 g/mol. The summed E-state index contributed by atoms with van der Waals surface area (Å²) >= 11 is 0. The molecule has 9 nitrogen and oxygen atoms in total. The highest BCUT2D eigenvalue weighted by atomic mass is 16.6. The lowest BCUT2D eigenvalue weighted by atomic mass is 9.93. The third-order valence-electron chi connectivity index (χ3n) is 6.53. The summed E-state index contributed by atoms with van der Waals surface area (Å²) in [6.07, 6.45) is 4.54. The van der Waals surface area contributed by atoms with Gasteiger partial charge >= 0.3 is 6.09 Å². The van der Waals surface area contributed by atoms with Crippen molar-refractivity contribution in [3.05, 3.63) is 29.3 Å². The topological polar surface area (TPSA) is 128 Å². The molecule has 36 heavy (non-hydrogen) atoms. The number of amides is 3. The van der Waals surface area contributed by atoms with Crippen LogP contribution in [0.25, 0.3) is 0 Å². The summed E-state index contributed by atoms with van der Waals surface area (Å²) in [6.45, 7) is 9.81. The second-order valence-corrected chi connectivity index (χ2v) is 10.6.